The summed E-state index contributed by atoms with van der Waals surface area (Å²) in [5, 5.41) is 11.3. The van der Waals surface area contributed by atoms with Gasteiger partial charge in [-0.3, -0.25) is 5.10 Å². The van der Waals surface area contributed by atoms with Crippen molar-refractivity contribution in [3.63, 3.8) is 0 Å². The van der Waals surface area contributed by atoms with E-state index in [-0.39, 0.29) is 0 Å². The van der Waals surface area contributed by atoms with E-state index < -0.39 is 0 Å². The van der Waals surface area contributed by atoms with Crippen LogP contribution in [0.5, 0.6) is 0 Å². The maximum Gasteiger partial charge on any atom is 0.169 e. The Morgan fingerprint density at radius 2 is 2.24 bits per heavy atom. The highest BCUT2D eigenvalue weighted by Crippen LogP contribution is 2.19. The van der Waals surface area contributed by atoms with E-state index in [1.165, 1.54) is 0 Å². The first kappa shape index (κ1) is 10.4. The SMILES string of the molecule is Brc1ccc(CNc2ccc3cn[nH]c3c2)o1. The lowest BCUT2D eigenvalue weighted by atomic mass is 10.2. The zero-order valence-corrected chi connectivity index (χ0v) is 10.5. The van der Waals surface area contributed by atoms with Crippen molar-refractivity contribution >= 4 is 32.5 Å². The van der Waals surface area contributed by atoms with Crippen LogP contribution < -0.4 is 5.32 Å². The first-order chi connectivity index (χ1) is 8.31. The average molecular weight is 292 g/mol. The Kier molecular flexibility index (Phi) is 2.60. The van der Waals surface area contributed by atoms with Crippen molar-refractivity contribution in [3.05, 3.63) is 47.0 Å². The number of rotatable bonds is 3. The lowest BCUT2D eigenvalue weighted by Crippen LogP contribution is -1.97. The van der Waals surface area contributed by atoms with E-state index >= 15 is 0 Å². The molecule has 0 spiro atoms. The van der Waals surface area contributed by atoms with Gasteiger partial charge >= 0.3 is 0 Å². The number of hydrogen-bond acceptors (Lipinski definition) is 3. The summed E-state index contributed by atoms with van der Waals surface area (Å²) in [7, 11) is 0. The number of aromatic nitrogens is 2. The fourth-order valence-electron chi connectivity index (χ4n) is 1.68. The molecular weight excluding hydrogens is 282 g/mol. The van der Waals surface area contributed by atoms with Crippen LogP contribution in [0.15, 0.2) is 45.6 Å². The van der Waals surface area contributed by atoms with Gasteiger partial charge in [-0.1, -0.05) is 0 Å². The third kappa shape index (κ3) is 2.19. The number of hydrogen-bond donors (Lipinski definition) is 2. The molecule has 1 aromatic carbocycles. The molecule has 0 aliphatic heterocycles. The van der Waals surface area contributed by atoms with E-state index in [2.05, 4.69) is 31.4 Å². The molecule has 2 heterocycles. The zero-order valence-electron chi connectivity index (χ0n) is 8.90. The topological polar surface area (TPSA) is 53.9 Å². The van der Waals surface area contributed by atoms with Crippen LogP contribution in [0.1, 0.15) is 5.76 Å². The second-order valence-electron chi connectivity index (χ2n) is 3.73. The quantitative estimate of drug-likeness (QED) is 0.776. The number of benzene rings is 1. The molecule has 0 aliphatic rings. The van der Waals surface area contributed by atoms with Gasteiger partial charge in [-0.25, -0.2) is 0 Å². The molecule has 0 saturated carbocycles. The molecule has 0 radical (unpaired) electrons. The van der Waals surface area contributed by atoms with Gasteiger partial charge in [0.2, 0.25) is 0 Å². The number of nitrogens with one attached hydrogen (secondary N) is 2. The Hall–Kier alpha value is -1.75. The standard InChI is InChI=1S/C12H10BrN3O/c13-12-4-3-10(17-12)7-14-9-2-1-8-6-15-16-11(8)5-9/h1-6,14H,7H2,(H,15,16). The minimum absolute atomic E-state index is 0.658. The first-order valence-electron chi connectivity index (χ1n) is 5.22. The van der Waals surface area contributed by atoms with E-state index in [1.807, 2.05) is 36.5 Å². The molecule has 4 nitrogen and oxygen atoms in total. The third-order valence-electron chi connectivity index (χ3n) is 2.54. The van der Waals surface area contributed by atoms with Gasteiger partial charge in [0.05, 0.1) is 18.3 Å². The molecule has 0 atom stereocenters. The molecule has 0 unspecified atom stereocenters. The van der Waals surface area contributed by atoms with E-state index in [1.54, 1.807) is 0 Å². The Morgan fingerprint density at radius 1 is 1.29 bits per heavy atom. The van der Waals surface area contributed by atoms with Crippen LogP contribution in [0.2, 0.25) is 0 Å². The van der Waals surface area contributed by atoms with E-state index in [0.717, 1.165) is 27.0 Å². The van der Waals surface area contributed by atoms with E-state index in [4.69, 9.17) is 4.42 Å². The Labute approximate surface area is 106 Å². The maximum absolute atomic E-state index is 5.41. The van der Waals surface area contributed by atoms with Gasteiger partial charge in [0.25, 0.3) is 0 Å². The largest absolute Gasteiger partial charge is 0.452 e. The normalized spacial score (nSPS) is 10.9. The summed E-state index contributed by atoms with van der Waals surface area (Å²) in [4.78, 5) is 0. The molecule has 86 valence electrons. The second kappa shape index (κ2) is 4.25. The monoisotopic (exact) mass is 291 g/mol. The summed E-state index contributed by atoms with van der Waals surface area (Å²) in [6, 6.07) is 9.90. The van der Waals surface area contributed by atoms with Crippen molar-refractivity contribution in [1.29, 1.82) is 0 Å². The second-order valence-corrected chi connectivity index (χ2v) is 4.51. The molecular formula is C12H10BrN3O. The number of furan rings is 1. The van der Waals surface area contributed by atoms with Crippen LogP contribution in [-0.2, 0) is 6.54 Å². The van der Waals surface area contributed by atoms with Crippen LogP contribution in [0.25, 0.3) is 10.9 Å². The molecule has 0 aliphatic carbocycles. The van der Waals surface area contributed by atoms with E-state index in [9.17, 15) is 0 Å². The van der Waals surface area contributed by atoms with Crippen molar-refractivity contribution < 1.29 is 4.42 Å². The maximum atomic E-state index is 5.41. The average Bonchev–Trinajstić information content (AvgIpc) is 2.94. The fourth-order valence-corrected chi connectivity index (χ4v) is 2.02. The molecule has 0 saturated heterocycles. The summed E-state index contributed by atoms with van der Waals surface area (Å²) < 4.78 is 6.16. The molecule has 3 aromatic rings. The molecule has 0 bridgehead atoms. The number of anilines is 1. The Morgan fingerprint density at radius 3 is 3.06 bits per heavy atom. The number of nitrogens with zero attached hydrogens (tertiary/aromatic N) is 1. The Bertz CT molecular complexity index is 644. The third-order valence-corrected chi connectivity index (χ3v) is 2.96. The number of fused-ring (bicyclic) bond motifs is 1. The van der Waals surface area contributed by atoms with Crippen molar-refractivity contribution in [2.75, 3.05) is 5.32 Å². The zero-order chi connectivity index (χ0) is 11.7. The minimum Gasteiger partial charge on any atom is -0.452 e. The molecule has 0 fully saturated rings. The van der Waals surface area contributed by atoms with Crippen LogP contribution in [0.3, 0.4) is 0 Å². The molecule has 3 rings (SSSR count). The Balaban J connectivity index is 1.76. The predicted molar refractivity (Wildman–Crippen MR) is 69.8 cm³/mol. The molecule has 2 aromatic heterocycles. The first-order valence-corrected chi connectivity index (χ1v) is 6.02. The van der Waals surface area contributed by atoms with Crippen molar-refractivity contribution in [2.45, 2.75) is 6.54 Å². The number of aromatic amines is 1. The van der Waals surface area contributed by atoms with Gasteiger partial charge in [-0.15, -0.1) is 0 Å². The molecule has 0 amide bonds. The summed E-state index contributed by atoms with van der Waals surface area (Å²) >= 11 is 3.28. The van der Waals surface area contributed by atoms with Gasteiger partial charge in [0, 0.05) is 11.1 Å². The van der Waals surface area contributed by atoms with E-state index in [0.29, 0.717) is 6.54 Å². The van der Waals surface area contributed by atoms with Crippen LogP contribution in [0, 0.1) is 0 Å². The van der Waals surface area contributed by atoms with Crippen molar-refractivity contribution in [3.8, 4) is 0 Å². The number of H-pyrrole nitrogens is 1. The van der Waals surface area contributed by atoms with Gasteiger partial charge in [-0.05, 0) is 46.3 Å². The summed E-state index contributed by atoms with van der Waals surface area (Å²) in [5.41, 5.74) is 2.06. The van der Waals surface area contributed by atoms with Gasteiger partial charge in [-0.2, -0.15) is 5.10 Å². The van der Waals surface area contributed by atoms with Crippen LogP contribution >= 0.6 is 15.9 Å². The summed E-state index contributed by atoms with van der Waals surface area (Å²) in [6.45, 7) is 0.658. The lowest BCUT2D eigenvalue weighted by Gasteiger charge is -2.03. The van der Waals surface area contributed by atoms with Gasteiger partial charge < -0.3 is 9.73 Å². The smallest absolute Gasteiger partial charge is 0.169 e. The predicted octanol–water partition coefficient (Wildman–Crippen LogP) is 3.53. The van der Waals surface area contributed by atoms with Gasteiger partial charge in [0.1, 0.15) is 5.76 Å². The highest BCUT2D eigenvalue weighted by Gasteiger charge is 2.01. The van der Waals surface area contributed by atoms with Crippen LogP contribution in [-0.4, -0.2) is 10.2 Å². The highest BCUT2D eigenvalue weighted by molar-refractivity contribution is 9.10. The van der Waals surface area contributed by atoms with Crippen molar-refractivity contribution in [2.24, 2.45) is 0 Å². The summed E-state index contributed by atoms with van der Waals surface area (Å²) in [5.74, 6) is 0.890. The van der Waals surface area contributed by atoms with Gasteiger partial charge in [0.15, 0.2) is 4.67 Å². The molecule has 17 heavy (non-hydrogen) atoms. The molecule has 2 N–H and O–H groups in total. The fraction of sp³-hybridized carbons (Fsp3) is 0.0833. The van der Waals surface area contributed by atoms with Crippen molar-refractivity contribution in [1.82, 2.24) is 10.2 Å². The summed E-state index contributed by atoms with van der Waals surface area (Å²) in [6.07, 6.45) is 1.81. The van der Waals surface area contributed by atoms with Crippen LogP contribution in [0.4, 0.5) is 5.69 Å². The molecule has 5 heteroatoms. The minimum atomic E-state index is 0.658. The highest BCUT2D eigenvalue weighted by atomic mass is 79.9. The number of halogens is 1. The lowest BCUT2D eigenvalue weighted by molar-refractivity contribution is 0.495.